The molecule has 0 aromatic rings. The molecular weight excluding hydrogens is 278 g/mol. The van der Waals surface area contributed by atoms with E-state index in [0.29, 0.717) is 5.57 Å². The number of nitrogens with zero attached hydrogens (tertiary/aromatic N) is 1. The first kappa shape index (κ1) is 27.3. The maximum atomic E-state index is 10.5. The molecule has 0 saturated heterocycles. The first-order valence-corrected chi connectivity index (χ1v) is 4.06. The van der Waals surface area contributed by atoms with Gasteiger partial charge in [-0.2, -0.15) is 12.4 Å². The summed E-state index contributed by atoms with van der Waals surface area (Å²) < 4.78 is 4.78. The first-order valence-electron chi connectivity index (χ1n) is 4.06. The Balaban J connectivity index is -0.000000282. The predicted octanol–water partition coefficient (Wildman–Crippen LogP) is -6.53. The summed E-state index contributed by atoms with van der Waals surface area (Å²) in [5, 5.41) is 14.2. The van der Waals surface area contributed by atoms with Crippen molar-refractivity contribution in [2.75, 3.05) is 13.7 Å². The Kier molecular flexibility index (Phi) is 28.7. The van der Waals surface area contributed by atoms with Gasteiger partial charge >= 0.3 is 103 Å². The monoisotopic (exact) mass is 293 g/mol. The van der Waals surface area contributed by atoms with Gasteiger partial charge in [-0.3, -0.25) is 4.79 Å². The molecule has 1 unspecified atom stereocenters. The molecule has 0 aliphatic rings. The van der Waals surface area contributed by atoms with Crippen LogP contribution in [-0.4, -0.2) is 31.2 Å². The van der Waals surface area contributed by atoms with E-state index in [1.807, 2.05) is 0 Å². The molecule has 3 N–H and O–H groups in total. The number of nitrogens with two attached hydrogens (primary N) is 1. The van der Waals surface area contributed by atoms with Crippen LogP contribution in [0.3, 0.4) is 0 Å². The summed E-state index contributed by atoms with van der Waals surface area (Å²) in [6, 6.07) is 0. The van der Waals surface area contributed by atoms with Crippen molar-refractivity contribution in [1.29, 1.82) is 0 Å². The molecule has 6 nitrogen and oxygen atoms in total. The molecule has 17 heavy (non-hydrogen) atoms. The van der Waals surface area contributed by atoms with Crippen LogP contribution in [0.2, 0.25) is 0 Å². The fourth-order valence-corrected chi connectivity index (χ4v) is 0.566. The van der Waals surface area contributed by atoms with E-state index < -0.39 is 12.0 Å². The minimum atomic E-state index is -0.519. The van der Waals surface area contributed by atoms with Crippen molar-refractivity contribution in [2.24, 2.45) is 5.73 Å². The van der Waals surface area contributed by atoms with E-state index in [4.69, 9.17) is 10.5 Å². The van der Waals surface area contributed by atoms with Crippen LogP contribution in [0.5, 0.6) is 0 Å². The quantitative estimate of drug-likeness (QED) is 0.387. The smallest absolute Gasteiger partial charge is 0.870 e. The average molecular weight is 293 g/mol. The topological polar surface area (TPSA) is 119 Å². The number of hydrogen-bond acceptors (Lipinski definition) is 4. The summed E-state index contributed by atoms with van der Waals surface area (Å²) >= 11 is 0. The Morgan fingerprint density at radius 3 is 2.41 bits per heavy atom. The van der Waals surface area contributed by atoms with Crippen LogP contribution in [0.15, 0.2) is 24.0 Å². The zero-order valence-corrected chi connectivity index (χ0v) is 17.0. The van der Waals surface area contributed by atoms with Crippen molar-refractivity contribution in [3.8, 4) is 0 Å². The number of ether oxygens (including phenoxy) is 1. The van der Waals surface area contributed by atoms with Crippen LogP contribution >= 0.6 is 0 Å². The van der Waals surface area contributed by atoms with Crippen molar-refractivity contribution in [3.05, 3.63) is 29.4 Å². The van der Waals surface area contributed by atoms with Gasteiger partial charge in [0.05, 0.1) is 6.10 Å². The van der Waals surface area contributed by atoms with Gasteiger partial charge in [0.1, 0.15) is 0 Å². The number of carbonyl (C=O) groups excluding carboxylic acids is 1. The van der Waals surface area contributed by atoms with E-state index in [1.165, 1.54) is 25.6 Å². The second-order valence-electron chi connectivity index (χ2n) is 2.61. The van der Waals surface area contributed by atoms with Gasteiger partial charge in [0.2, 0.25) is 5.91 Å². The molecule has 0 fully saturated rings. The van der Waals surface area contributed by atoms with Crippen LogP contribution in [0, 0.1) is 0 Å². The van der Waals surface area contributed by atoms with Gasteiger partial charge in [-0.25, -0.2) is 0 Å². The van der Waals surface area contributed by atoms with E-state index in [9.17, 15) is 9.90 Å². The minimum absolute atomic E-state index is 0. The summed E-state index contributed by atoms with van der Waals surface area (Å²) in [5.41, 5.74) is 5.32. The molecule has 88 valence electrons. The van der Waals surface area contributed by atoms with Crippen LogP contribution < -0.4 is 114 Å². The first-order chi connectivity index (χ1) is 6.61. The molecule has 0 heterocycles. The van der Waals surface area contributed by atoms with Crippen LogP contribution in [0.25, 0.3) is 5.32 Å². The number of amides is 1. The Hall–Kier alpha value is 1.90. The zero-order valence-electron chi connectivity index (χ0n) is 10.7. The van der Waals surface area contributed by atoms with E-state index in [1.54, 1.807) is 6.92 Å². The Bertz CT molecular complexity index is 243. The Morgan fingerprint density at radius 2 is 2.06 bits per heavy atom. The number of primary amides is 1. The maximum absolute atomic E-state index is 10.5. The van der Waals surface area contributed by atoms with Gasteiger partial charge in [0.15, 0.2) is 0 Å². The van der Waals surface area contributed by atoms with Crippen molar-refractivity contribution >= 4 is 5.91 Å². The molecule has 0 aliphatic carbocycles. The standard InChI is InChI=1S/C9H15N2O3.2K.H2O/c1-7(9(10)13)5-11-4-3-8(6-12)14-2;;;/h3-5,8H,6H2,1-2H3,(H3,10,11,13);;;1H2/q-1;2*+1;/p-2/b4-3-;;;. The Morgan fingerprint density at radius 1 is 1.53 bits per heavy atom. The molecule has 0 radical (unpaired) electrons. The fourth-order valence-electron chi connectivity index (χ4n) is 0.566. The molecule has 0 bridgehead atoms. The molecule has 0 spiro atoms. The van der Waals surface area contributed by atoms with E-state index in [2.05, 4.69) is 5.32 Å². The molecule has 1 amide bonds. The fraction of sp³-hybridized carbons (Fsp3) is 0.444. The molecule has 0 rings (SSSR count). The number of methoxy groups -OCH3 is 1. The molecule has 0 saturated carbocycles. The molecule has 8 heteroatoms. The van der Waals surface area contributed by atoms with E-state index in [0.717, 1.165) is 0 Å². The molecule has 0 aromatic heterocycles. The number of hydrogen-bond donors (Lipinski definition) is 1. The van der Waals surface area contributed by atoms with Gasteiger partial charge < -0.3 is 26.4 Å². The third-order valence-corrected chi connectivity index (χ3v) is 1.51. The van der Waals surface area contributed by atoms with Crippen molar-refractivity contribution in [2.45, 2.75) is 13.0 Å². The van der Waals surface area contributed by atoms with Crippen LogP contribution in [-0.2, 0) is 9.53 Å². The van der Waals surface area contributed by atoms with Gasteiger partial charge in [-0.15, -0.1) is 6.61 Å². The SMILES string of the molecule is COC(/C=C\[N-]/C=C(/C)C(N)=O)C[O-].[K+].[K+].[OH-]. The number of carbonyl (C=O) groups is 1. The van der Waals surface area contributed by atoms with Gasteiger partial charge in [0, 0.05) is 7.11 Å². The average Bonchev–Trinajstić information content (AvgIpc) is 2.17. The van der Waals surface area contributed by atoms with E-state index in [-0.39, 0.29) is 115 Å². The largest absolute Gasteiger partial charge is 1.00 e. The third kappa shape index (κ3) is 15.8. The summed E-state index contributed by atoms with van der Waals surface area (Å²) in [6.45, 7) is 1.20. The van der Waals surface area contributed by atoms with E-state index >= 15 is 0 Å². The zero-order chi connectivity index (χ0) is 11.0. The van der Waals surface area contributed by atoms with Gasteiger partial charge in [-0.1, -0.05) is 6.08 Å². The Labute approximate surface area is 187 Å². The second kappa shape index (κ2) is 17.9. The molecule has 0 aliphatic heterocycles. The van der Waals surface area contributed by atoms with Gasteiger partial charge in [0.25, 0.3) is 0 Å². The maximum Gasteiger partial charge on any atom is 1.00 e. The van der Waals surface area contributed by atoms with Crippen molar-refractivity contribution < 1.29 is 123 Å². The summed E-state index contributed by atoms with van der Waals surface area (Å²) in [7, 11) is 1.44. The summed E-state index contributed by atoms with van der Waals surface area (Å²) in [5.74, 6) is -0.519. The van der Waals surface area contributed by atoms with Crippen LogP contribution in [0.1, 0.15) is 6.92 Å². The molecular formula is C9H15K2N2O4-. The normalized spacial score (nSPS) is 11.8. The molecule has 0 aromatic carbocycles. The van der Waals surface area contributed by atoms with Gasteiger partial charge in [-0.05, 0) is 12.5 Å². The summed E-state index contributed by atoms with van der Waals surface area (Å²) in [4.78, 5) is 10.5. The van der Waals surface area contributed by atoms with Crippen molar-refractivity contribution in [1.82, 2.24) is 0 Å². The predicted molar refractivity (Wildman–Crippen MR) is 53.1 cm³/mol. The van der Waals surface area contributed by atoms with Crippen LogP contribution in [0.4, 0.5) is 0 Å². The molecule has 1 atom stereocenters. The third-order valence-electron chi connectivity index (χ3n) is 1.51. The number of rotatable bonds is 6. The summed E-state index contributed by atoms with van der Waals surface area (Å²) in [6.07, 6.45) is 3.76. The minimum Gasteiger partial charge on any atom is -0.870 e. The van der Waals surface area contributed by atoms with Crippen molar-refractivity contribution in [3.63, 3.8) is 0 Å². The second-order valence-corrected chi connectivity index (χ2v) is 2.61.